The first-order valence-electron chi connectivity index (χ1n) is 9.19. The average Bonchev–Trinajstić information content (AvgIpc) is 3.11. The van der Waals surface area contributed by atoms with Crippen LogP contribution in [-0.2, 0) is 6.42 Å². The van der Waals surface area contributed by atoms with Gasteiger partial charge in [-0.15, -0.1) is 24.0 Å². The summed E-state index contributed by atoms with van der Waals surface area (Å²) in [5.74, 6) is 2.82. The molecule has 3 rings (SSSR count). The molecule has 0 unspecified atom stereocenters. The Morgan fingerprint density at radius 2 is 2.07 bits per heavy atom. The van der Waals surface area contributed by atoms with Gasteiger partial charge in [-0.2, -0.15) is 4.98 Å². The molecule has 1 aliphatic rings. The van der Waals surface area contributed by atoms with Gasteiger partial charge in [-0.25, -0.2) is 0 Å². The van der Waals surface area contributed by atoms with E-state index in [1.54, 1.807) is 7.05 Å². The lowest BCUT2D eigenvalue weighted by molar-refractivity contribution is 0.329. The van der Waals surface area contributed by atoms with Crippen LogP contribution in [0.4, 0.5) is 0 Å². The van der Waals surface area contributed by atoms with Crippen LogP contribution in [0, 0.1) is 5.92 Å². The second-order valence-corrected chi connectivity index (χ2v) is 7.31. The Labute approximate surface area is 182 Å². The summed E-state index contributed by atoms with van der Waals surface area (Å²) in [5.41, 5.74) is 0.851. The fourth-order valence-corrected chi connectivity index (χ4v) is 3.37. The maximum Gasteiger partial charge on any atom is 0.228 e. The second kappa shape index (κ2) is 10.8. The third-order valence-corrected chi connectivity index (χ3v) is 5.00. The van der Waals surface area contributed by atoms with Crippen molar-refractivity contribution in [3.63, 3.8) is 0 Å². The van der Waals surface area contributed by atoms with Crippen LogP contribution in [0.1, 0.15) is 38.5 Å². The summed E-state index contributed by atoms with van der Waals surface area (Å²) >= 11 is 6.01. The number of hydrogen-bond donors (Lipinski definition) is 2. The van der Waals surface area contributed by atoms with Crippen molar-refractivity contribution >= 4 is 41.5 Å². The number of rotatable bonds is 5. The molecule has 1 aromatic carbocycles. The van der Waals surface area contributed by atoms with E-state index in [0.717, 1.165) is 17.4 Å². The molecule has 1 aromatic heterocycles. The predicted octanol–water partition coefficient (Wildman–Crippen LogP) is 4.29. The fraction of sp³-hybridized carbons (Fsp3) is 0.526. The number of nitrogens with one attached hydrogen (secondary N) is 2. The number of benzene rings is 1. The molecule has 0 amide bonds. The minimum atomic E-state index is 0. The highest BCUT2D eigenvalue weighted by Crippen LogP contribution is 2.23. The molecule has 0 bridgehead atoms. The Morgan fingerprint density at radius 1 is 1.30 bits per heavy atom. The zero-order valence-corrected chi connectivity index (χ0v) is 18.8. The van der Waals surface area contributed by atoms with Crippen LogP contribution in [0.5, 0.6) is 0 Å². The standard InChI is InChI=1S/C19H26ClN5O.HI/c1-13-6-8-16(9-7-13)23-19(21-2)22-11-10-17-24-18(25-26-17)14-4-3-5-15(20)12-14;/h3-5,12-13,16H,6-11H2,1-2H3,(H2,21,22,23);1H. The maximum absolute atomic E-state index is 6.01. The van der Waals surface area contributed by atoms with Crippen molar-refractivity contribution in [1.29, 1.82) is 0 Å². The lowest BCUT2D eigenvalue weighted by atomic mass is 9.87. The van der Waals surface area contributed by atoms with Gasteiger partial charge in [0.2, 0.25) is 11.7 Å². The van der Waals surface area contributed by atoms with Crippen LogP contribution < -0.4 is 10.6 Å². The lowest BCUT2D eigenvalue weighted by Crippen LogP contribution is -2.45. The molecule has 1 fully saturated rings. The first-order chi connectivity index (χ1) is 12.6. The number of aliphatic imine (C=N–C) groups is 1. The highest BCUT2D eigenvalue weighted by atomic mass is 127. The van der Waals surface area contributed by atoms with E-state index in [1.165, 1.54) is 25.7 Å². The van der Waals surface area contributed by atoms with Gasteiger partial charge in [0.05, 0.1) is 0 Å². The van der Waals surface area contributed by atoms with Gasteiger partial charge in [-0.3, -0.25) is 4.99 Å². The van der Waals surface area contributed by atoms with Gasteiger partial charge in [0.1, 0.15) is 0 Å². The molecule has 27 heavy (non-hydrogen) atoms. The molecular formula is C19H27ClIN5O. The van der Waals surface area contributed by atoms with Gasteiger partial charge in [0, 0.05) is 36.6 Å². The van der Waals surface area contributed by atoms with Gasteiger partial charge in [0.25, 0.3) is 0 Å². The van der Waals surface area contributed by atoms with Crippen molar-refractivity contribution in [2.24, 2.45) is 10.9 Å². The molecule has 2 aromatic rings. The summed E-state index contributed by atoms with van der Waals surface area (Å²) in [6.45, 7) is 3.01. The number of hydrogen-bond acceptors (Lipinski definition) is 4. The number of aromatic nitrogens is 2. The smallest absolute Gasteiger partial charge is 0.228 e. The Kier molecular flexibility index (Phi) is 8.82. The van der Waals surface area contributed by atoms with Crippen LogP contribution in [0.2, 0.25) is 5.02 Å². The van der Waals surface area contributed by atoms with Gasteiger partial charge in [-0.1, -0.05) is 35.8 Å². The molecule has 1 heterocycles. The first-order valence-corrected chi connectivity index (χ1v) is 9.57. The molecule has 1 saturated carbocycles. The molecular weight excluding hydrogens is 477 g/mol. The van der Waals surface area contributed by atoms with Crippen molar-refractivity contribution in [2.45, 2.75) is 45.1 Å². The largest absolute Gasteiger partial charge is 0.356 e. The molecule has 6 nitrogen and oxygen atoms in total. The predicted molar refractivity (Wildman–Crippen MR) is 120 cm³/mol. The fourth-order valence-electron chi connectivity index (χ4n) is 3.18. The van der Waals surface area contributed by atoms with Crippen LogP contribution in [0.15, 0.2) is 33.8 Å². The third-order valence-electron chi connectivity index (χ3n) is 4.76. The van der Waals surface area contributed by atoms with Gasteiger partial charge < -0.3 is 15.2 Å². The van der Waals surface area contributed by atoms with Gasteiger partial charge in [-0.05, 0) is 43.7 Å². The molecule has 0 radical (unpaired) electrons. The van der Waals surface area contributed by atoms with Gasteiger partial charge in [0.15, 0.2) is 5.96 Å². The Balaban J connectivity index is 0.00000261. The van der Waals surface area contributed by atoms with E-state index >= 15 is 0 Å². The van der Waals surface area contributed by atoms with Crippen LogP contribution >= 0.6 is 35.6 Å². The Hall–Kier alpha value is -1.35. The lowest BCUT2D eigenvalue weighted by Gasteiger charge is -2.28. The van der Waals surface area contributed by atoms with Crippen LogP contribution in [0.25, 0.3) is 11.4 Å². The van der Waals surface area contributed by atoms with Crippen molar-refractivity contribution in [3.05, 3.63) is 35.2 Å². The van der Waals surface area contributed by atoms with E-state index in [-0.39, 0.29) is 24.0 Å². The van der Waals surface area contributed by atoms with E-state index < -0.39 is 0 Å². The molecule has 0 spiro atoms. The molecule has 0 atom stereocenters. The van der Waals surface area contributed by atoms with Gasteiger partial charge >= 0.3 is 0 Å². The zero-order valence-electron chi connectivity index (χ0n) is 15.7. The molecule has 0 aliphatic heterocycles. The highest BCUT2D eigenvalue weighted by Gasteiger charge is 2.18. The van der Waals surface area contributed by atoms with E-state index in [4.69, 9.17) is 16.1 Å². The third kappa shape index (κ3) is 6.64. The summed E-state index contributed by atoms with van der Waals surface area (Å²) in [5, 5.41) is 11.5. The summed E-state index contributed by atoms with van der Waals surface area (Å²) in [6, 6.07) is 7.94. The molecule has 0 saturated heterocycles. The Bertz CT molecular complexity index is 743. The maximum atomic E-state index is 6.01. The van der Waals surface area contributed by atoms with Crippen LogP contribution in [0.3, 0.4) is 0 Å². The number of nitrogens with zero attached hydrogens (tertiary/aromatic N) is 3. The average molecular weight is 504 g/mol. The normalized spacial score (nSPS) is 20.0. The van der Waals surface area contributed by atoms with Crippen molar-refractivity contribution in [3.8, 4) is 11.4 Å². The SMILES string of the molecule is CN=C(NCCc1nc(-c2cccc(Cl)c2)no1)NC1CCC(C)CC1.I. The molecule has 8 heteroatoms. The first kappa shape index (κ1) is 21.9. The van der Waals surface area contributed by atoms with Crippen molar-refractivity contribution < 1.29 is 4.52 Å². The minimum absolute atomic E-state index is 0. The Morgan fingerprint density at radius 3 is 2.78 bits per heavy atom. The molecule has 1 aliphatic carbocycles. The minimum Gasteiger partial charge on any atom is -0.356 e. The highest BCUT2D eigenvalue weighted by molar-refractivity contribution is 14.0. The number of guanidine groups is 1. The van der Waals surface area contributed by atoms with E-state index in [0.29, 0.717) is 35.7 Å². The van der Waals surface area contributed by atoms with E-state index in [1.807, 2.05) is 24.3 Å². The quantitative estimate of drug-likeness (QED) is 0.362. The van der Waals surface area contributed by atoms with Crippen LogP contribution in [-0.4, -0.2) is 35.7 Å². The second-order valence-electron chi connectivity index (χ2n) is 6.87. The molecule has 148 valence electrons. The molecule has 2 N–H and O–H groups in total. The summed E-state index contributed by atoms with van der Waals surface area (Å²) in [7, 11) is 1.80. The topological polar surface area (TPSA) is 75.3 Å². The van der Waals surface area contributed by atoms with E-state index in [9.17, 15) is 0 Å². The monoisotopic (exact) mass is 503 g/mol. The van der Waals surface area contributed by atoms with E-state index in [2.05, 4.69) is 32.7 Å². The number of halogens is 2. The van der Waals surface area contributed by atoms with Crippen molar-refractivity contribution in [1.82, 2.24) is 20.8 Å². The summed E-state index contributed by atoms with van der Waals surface area (Å²) < 4.78 is 5.33. The summed E-state index contributed by atoms with van der Waals surface area (Å²) in [6.07, 6.45) is 5.60. The summed E-state index contributed by atoms with van der Waals surface area (Å²) in [4.78, 5) is 8.74. The van der Waals surface area contributed by atoms with Crippen molar-refractivity contribution in [2.75, 3.05) is 13.6 Å². The zero-order chi connectivity index (χ0) is 18.4.